The van der Waals surface area contributed by atoms with E-state index in [1.165, 1.54) is 24.3 Å². The molecule has 0 saturated carbocycles. The van der Waals surface area contributed by atoms with E-state index < -0.39 is 15.8 Å². The maximum absolute atomic E-state index is 12.6. The van der Waals surface area contributed by atoms with Gasteiger partial charge in [-0.05, 0) is 17.7 Å². The number of carbonyl (C=O) groups is 2. The molecule has 0 radical (unpaired) electrons. The molecule has 0 heterocycles. The van der Waals surface area contributed by atoms with Crippen LogP contribution in [0, 0.1) is 0 Å². The summed E-state index contributed by atoms with van der Waals surface area (Å²) in [5, 5.41) is 5.13. The van der Waals surface area contributed by atoms with E-state index in [0.29, 0.717) is 12.0 Å². The van der Waals surface area contributed by atoms with Crippen molar-refractivity contribution in [3.63, 3.8) is 0 Å². The van der Waals surface area contributed by atoms with Gasteiger partial charge in [0.2, 0.25) is 10.0 Å². The third kappa shape index (κ3) is 2.86. The fourth-order valence-electron chi connectivity index (χ4n) is 2.63. The average Bonchev–Trinajstić information content (AvgIpc) is 2.52. The molecule has 2 aromatic carbocycles. The van der Waals surface area contributed by atoms with Crippen LogP contribution in [0.1, 0.15) is 26.3 Å². The molecule has 0 saturated heterocycles. The maximum Gasteiger partial charge on any atom is 0.238 e. The van der Waals surface area contributed by atoms with Gasteiger partial charge in [-0.1, -0.05) is 42.5 Å². The third-order valence-electron chi connectivity index (χ3n) is 3.66. The van der Waals surface area contributed by atoms with Crippen molar-refractivity contribution < 1.29 is 18.0 Å². The van der Waals surface area contributed by atoms with Crippen LogP contribution in [-0.2, 0) is 16.4 Å². The summed E-state index contributed by atoms with van der Waals surface area (Å²) in [7, 11) is -4.08. The fraction of sp³-hybridized carbons (Fsp3) is 0.0588. The van der Waals surface area contributed by atoms with Gasteiger partial charge in [0.05, 0.1) is 10.5 Å². The number of allylic oxidation sites excluding steroid dienone is 2. The second-order valence-corrected chi connectivity index (χ2v) is 6.78. The van der Waals surface area contributed by atoms with Gasteiger partial charge in [0.15, 0.2) is 11.6 Å². The number of primary sulfonamides is 1. The van der Waals surface area contributed by atoms with Gasteiger partial charge in [0.25, 0.3) is 0 Å². The lowest BCUT2D eigenvalue weighted by Crippen LogP contribution is -2.23. The van der Waals surface area contributed by atoms with Crippen molar-refractivity contribution in [1.29, 1.82) is 0 Å². The smallest absolute Gasteiger partial charge is 0.238 e. The van der Waals surface area contributed by atoms with Gasteiger partial charge in [-0.2, -0.15) is 0 Å². The number of nitrogens with two attached hydrogens (primary N) is 1. The average molecular weight is 327 g/mol. The van der Waals surface area contributed by atoms with E-state index in [2.05, 4.69) is 0 Å². The zero-order valence-corrected chi connectivity index (χ0v) is 12.8. The Bertz CT molecular complexity index is 944. The van der Waals surface area contributed by atoms with Gasteiger partial charge in [0.1, 0.15) is 0 Å². The minimum absolute atomic E-state index is 0.0787. The third-order valence-corrected chi connectivity index (χ3v) is 4.61. The van der Waals surface area contributed by atoms with Crippen molar-refractivity contribution in [2.24, 2.45) is 5.14 Å². The molecule has 1 aliphatic rings. The Morgan fingerprint density at radius 3 is 2.26 bits per heavy atom. The number of ketones is 2. The van der Waals surface area contributed by atoms with Gasteiger partial charge >= 0.3 is 0 Å². The van der Waals surface area contributed by atoms with Crippen LogP contribution in [0.25, 0.3) is 0 Å². The number of hydrogen-bond donors (Lipinski definition) is 1. The molecule has 0 aliphatic heterocycles. The van der Waals surface area contributed by atoms with Crippen molar-refractivity contribution in [3.8, 4) is 0 Å². The highest BCUT2D eigenvalue weighted by molar-refractivity contribution is 7.89. The molecule has 2 N–H and O–H groups in total. The molecule has 0 amide bonds. The lowest BCUT2D eigenvalue weighted by atomic mass is 9.87. The molecule has 116 valence electrons. The Morgan fingerprint density at radius 1 is 0.913 bits per heavy atom. The fourth-order valence-corrected chi connectivity index (χ4v) is 3.39. The quantitative estimate of drug-likeness (QED) is 0.931. The maximum atomic E-state index is 12.6. The van der Waals surface area contributed by atoms with Gasteiger partial charge in [0, 0.05) is 17.6 Å². The Morgan fingerprint density at radius 2 is 1.61 bits per heavy atom. The van der Waals surface area contributed by atoms with E-state index in [0.717, 1.165) is 5.56 Å². The summed E-state index contributed by atoms with van der Waals surface area (Å²) in [5.41, 5.74) is 1.16. The van der Waals surface area contributed by atoms with Crippen LogP contribution in [0.15, 0.2) is 65.1 Å². The molecule has 0 bridgehead atoms. The Kier molecular flexibility index (Phi) is 3.71. The van der Waals surface area contributed by atoms with E-state index in [1.54, 1.807) is 0 Å². The first-order valence-electron chi connectivity index (χ1n) is 6.87. The van der Waals surface area contributed by atoms with Crippen LogP contribution in [0.4, 0.5) is 0 Å². The largest absolute Gasteiger partial charge is 0.289 e. The van der Waals surface area contributed by atoms with Crippen LogP contribution >= 0.6 is 0 Å². The molecule has 5 nitrogen and oxygen atoms in total. The summed E-state index contributed by atoms with van der Waals surface area (Å²) in [4.78, 5) is 24.6. The first kappa shape index (κ1) is 15.3. The van der Waals surface area contributed by atoms with Crippen molar-refractivity contribution >= 4 is 21.6 Å². The lowest BCUT2D eigenvalue weighted by Gasteiger charge is -2.17. The molecule has 1 aliphatic carbocycles. The molecule has 3 rings (SSSR count). The topological polar surface area (TPSA) is 94.3 Å². The van der Waals surface area contributed by atoms with Crippen molar-refractivity contribution in [2.45, 2.75) is 11.3 Å². The standard InChI is InChI=1S/C17H13NO4S/c18-23(21,22)15-8-4-7-13-16(15)14(19)10-12(17(13)20)9-11-5-2-1-3-6-11/h1-8,10H,9H2,(H2,18,21,22). The summed E-state index contributed by atoms with van der Waals surface area (Å²) in [5.74, 6) is -0.871. The van der Waals surface area contributed by atoms with Gasteiger partial charge in [-0.3, -0.25) is 9.59 Å². The summed E-state index contributed by atoms with van der Waals surface area (Å²) in [6, 6.07) is 13.4. The zero-order chi connectivity index (χ0) is 16.6. The molecule has 6 heteroatoms. The minimum atomic E-state index is -4.08. The molecule has 23 heavy (non-hydrogen) atoms. The first-order valence-corrected chi connectivity index (χ1v) is 8.42. The second kappa shape index (κ2) is 5.57. The van der Waals surface area contributed by atoms with Crippen LogP contribution in [0.3, 0.4) is 0 Å². The van der Waals surface area contributed by atoms with E-state index >= 15 is 0 Å². The predicted octanol–water partition coefficient (Wildman–Crippen LogP) is 1.88. The molecular formula is C17H13NO4S. The number of carbonyl (C=O) groups excluding carboxylic acids is 2. The Labute approximate surface area is 133 Å². The molecule has 0 fully saturated rings. The van der Waals surface area contributed by atoms with E-state index in [9.17, 15) is 18.0 Å². The van der Waals surface area contributed by atoms with E-state index in [-0.39, 0.29) is 21.8 Å². The highest BCUT2D eigenvalue weighted by Gasteiger charge is 2.30. The molecule has 0 spiro atoms. The minimum Gasteiger partial charge on any atom is -0.289 e. The van der Waals surface area contributed by atoms with Crippen LogP contribution < -0.4 is 5.14 Å². The van der Waals surface area contributed by atoms with Crippen LogP contribution in [0.5, 0.6) is 0 Å². The number of benzene rings is 2. The highest BCUT2D eigenvalue weighted by Crippen LogP contribution is 2.28. The summed E-state index contributed by atoms with van der Waals surface area (Å²) < 4.78 is 23.2. The van der Waals surface area contributed by atoms with Crippen molar-refractivity contribution in [1.82, 2.24) is 0 Å². The van der Waals surface area contributed by atoms with Crippen molar-refractivity contribution in [2.75, 3.05) is 0 Å². The Hall–Kier alpha value is -2.57. The molecular weight excluding hydrogens is 314 g/mol. The SMILES string of the molecule is NS(=O)(=O)c1cccc2c1C(=O)C=C(Cc1ccccc1)C2=O. The Balaban J connectivity index is 2.08. The molecule has 2 aromatic rings. The van der Waals surface area contributed by atoms with Gasteiger partial charge < -0.3 is 0 Å². The van der Waals surface area contributed by atoms with Crippen molar-refractivity contribution in [3.05, 3.63) is 76.9 Å². The highest BCUT2D eigenvalue weighted by atomic mass is 32.2. The normalized spacial score (nSPS) is 14.4. The molecule has 0 aromatic heterocycles. The second-order valence-electron chi connectivity index (χ2n) is 5.25. The number of sulfonamides is 1. The van der Waals surface area contributed by atoms with Gasteiger partial charge in [-0.25, -0.2) is 13.6 Å². The number of fused-ring (bicyclic) bond motifs is 1. The van der Waals surface area contributed by atoms with E-state index in [1.807, 2.05) is 30.3 Å². The molecule has 0 unspecified atom stereocenters. The summed E-state index contributed by atoms with van der Waals surface area (Å²) >= 11 is 0. The summed E-state index contributed by atoms with van der Waals surface area (Å²) in [6.45, 7) is 0. The van der Waals surface area contributed by atoms with Crippen LogP contribution in [0.2, 0.25) is 0 Å². The monoisotopic (exact) mass is 327 g/mol. The first-order chi connectivity index (χ1) is 10.9. The summed E-state index contributed by atoms with van der Waals surface area (Å²) in [6.07, 6.45) is 1.51. The molecule has 0 atom stereocenters. The number of rotatable bonds is 3. The van der Waals surface area contributed by atoms with E-state index in [4.69, 9.17) is 5.14 Å². The lowest BCUT2D eigenvalue weighted by molar-refractivity contribution is 0.0980. The number of Topliss-reactive ketones (excluding diaryl/α,β-unsaturated/α-hetero) is 1. The van der Waals surface area contributed by atoms with Gasteiger partial charge in [-0.15, -0.1) is 0 Å². The number of hydrogen-bond acceptors (Lipinski definition) is 4. The predicted molar refractivity (Wildman–Crippen MR) is 84.7 cm³/mol. The zero-order valence-electron chi connectivity index (χ0n) is 12.0. The van der Waals surface area contributed by atoms with Crippen LogP contribution in [-0.4, -0.2) is 20.0 Å².